The first-order valence-corrected chi connectivity index (χ1v) is 17.9. The summed E-state index contributed by atoms with van der Waals surface area (Å²) < 4.78 is 7.41. The van der Waals surface area contributed by atoms with E-state index in [0.29, 0.717) is 41.6 Å². The Hall–Kier alpha value is -3.86. The number of carbonyl (C=O) groups excluding carboxylic acids is 2. The zero-order chi connectivity index (χ0) is 34.2. The number of nitrogens with one attached hydrogen (secondary N) is 2. The summed E-state index contributed by atoms with van der Waals surface area (Å²) in [5.74, 6) is 1.58. The third-order valence-corrected chi connectivity index (χ3v) is 11.5. The standard InChI is InChI=1S/C37H42Cl2N6O4/c1-43-20-28(27-19-40-42-35(27)37(43)48)26-17-30(38)29(33(18-26)49-2)21-44-11-7-23(8-12-44)24-9-13-45(14-10-24)32-5-3-22(16-31(32)39)15-25-4-6-34(46)41-36(25)47/h3,5,16-20,23-25H,4,6-15,21H2,1-2H3,(H,40,42)(H,41,46,47). The van der Waals surface area contributed by atoms with Crippen molar-refractivity contribution in [3.63, 3.8) is 0 Å². The second-order valence-corrected chi connectivity index (χ2v) is 14.6. The summed E-state index contributed by atoms with van der Waals surface area (Å²) in [5, 5.41) is 11.5. The molecule has 12 heteroatoms. The minimum absolute atomic E-state index is 0.126. The van der Waals surface area contributed by atoms with Crippen LogP contribution in [0.3, 0.4) is 0 Å². The molecule has 2 N–H and O–H groups in total. The van der Waals surface area contributed by atoms with Gasteiger partial charge in [-0.25, -0.2) is 0 Å². The van der Waals surface area contributed by atoms with E-state index in [2.05, 4.69) is 37.4 Å². The van der Waals surface area contributed by atoms with Gasteiger partial charge in [-0.05, 0) is 98.8 Å². The summed E-state index contributed by atoms with van der Waals surface area (Å²) >= 11 is 13.7. The number of fused-ring (bicyclic) bond motifs is 1. The van der Waals surface area contributed by atoms with Crippen molar-refractivity contribution in [2.75, 3.05) is 38.2 Å². The number of aromatic nitrogens is 3. The highest BCUT2D eigenvalue weighted by atomic mass is 35.5. The van der Waals surface area contributed by atoms with Crippen LogP contribution < -0.4 is 20.5 Å². The Labute approximate surface area is 295 Å². The van der Waals surface area contributed by atoms with Crippen molar-refractivity contribution >= 4 is 51.6 Å². The molecule has 1 atom stereocenters. The molecule has 0 aliphatic carbocycles. The van der Waals surface area contributed by atoms with E-state index < -0.39 is 0 Å². The monoisotopic (exact) mass is 704 g/mol. The number of rotatable bonds is 8. The first kappa shape index (κ1) is 33.6. The number of halogens is 2. The largest absolute Gasteiger partial charge is 0.496 e. The van der Waals surface area contributed by atoms with Gasteiger partial charge in [-0.1, -0.05) is 29.3 Å². The van der Waals surface area contributed by atoms with E-state index >= 15 is 0 Å². The third-order valence-electron chi connectivity index (χ3n) is 10.9. The number of likely N-dealkylation sites (tertiary alicyclic amines) is 1. The maximum Gasteiger partial charge on any atom is 0.276 e. The number of aromatic amines is 1. The van der Waals surface area contributed by atoms with Gasteiger partial charge in [-0.3, -0.25) is 29.7 Å². The molecule has 7 rings (SSSR count). The maximum absolute atomic E-state index is 12.5. The van der Waals surface area contributed by atoms with Gasteiger partial charge in [0.05, 0.1) is 24.0 Å². The summed E-state index contributed by atoms with van der Waals surface area (Å²) in [6.07, 6.45) is 9.68. The topological polar surface area (TPSA) is 113 Å². The maximum atomic E-state index is 12.5. The minimum Gasteiger partial charge on any atom is -0.496 e. The number of H-pyrrole nitrogens is 1. The highest BCUT2D eigenvalue weighted by molar-refractivity contribution is 6.33. The molecule has 2 amide bonds. The number of ether oxygens (including phenoxy) is 1. The van der Waals surface area contributed by atoms with Crippen LogP contribution in [-0.4, -0.2) is 64.8 Å². The van der Waals surface area contributed by atoms with Crippen molar-refractivity contribution in [1.82, 2.24) is 25.0 Å². The molecule has 0 spiro atoms. The van der Waals surface area contributed by atoms with Crippen molar-refractivity contribution in [3.8, 4) is 16.9 Å². The Balaban J connectivity index is 0.934. The van der Waals surface area contributed by atoms with Crippen LogP contribution in [0.2, 0.25) is 10.0 Å². The smallest absolute Gasteiger partial charge is 0.276 e. The Morgan fingerprint density at radius 2 is 1.67 bits per heavy atom. The average Bonchev–Trinajstić information content (AvgIpc) is 3.60. The summed E-state index contributed by atoms with van der Waals surface area (Å²) in [7, 11) is 3.41. The molecule has 2 aromatic carbocycles. The number of benzene rings is 2. The van der Waals surface area contributed by atoms with E-state index in [1.807, 2.05) is 24.4 Å². The number of hydrogen-bond donors (Lipinski definition) is 2. The molecule has 0 bridgehead atoms. The van der Waals surface area contributed by atoms with Crippen molar-refractivity contribution < 1.29 is 14.3 Å². The molecule has 49 heavy (non-hydrogen) atoms. The van der Waals surface area contributed by atoms with Crippen LogP contribution in [0.15, 0.2) is 47.5 Å². The summed E-state index contributed by atoms with van der Waals surface area (Å²) in [4.78, 5) is 41.1. The lowest BCUT2D eigenvalue weighted by Gasteiger charge is -2.41. The summed E-state index contributed by atoms with van der Waals surface area (Å²) in [6, 6.07) is 10.1. The molecular formula is C37H42Cl2N6O4. The van der Waals surface area contributed by atoms with Crippen molar-refractivity contribution in [2.45, 2.75) is 51.5 Å². The molecule has 5 heterocycles. The van der Waals surface area contributed by atoms with Crippen LogP contribution >= 0.6 is 23.2 Å². The van der Waals surface area contributed by atoms with E-state index in [9.17, 15) is 14.4 Å². The second kappa shape index (κ2) is 14.2. The SMILES string of the molecule is COc1cc(-c2cn(C)c(=O)c3[nH]ncc23)cc(Cl)c1CN1CCC(C2CCN(c3ccc(CC4CCC(=O)NC4=O)cc3Cl)CC2)CC1. The highest BCUT2D eigenvalue weighted by Crippen LogP contribution is 2.39. The second-order valence-electron chi connectivity index (χ2n) is 13.8. The number of carbonyl (C=O) groups is 2. The molecule has 0 saturated carbocycles. The Morgan fingerprint density at radius 1 is 0.939 bits per heavy atom. The zero-order valence-electron chi connectivity index (χ0n) is 27.9. The first-order valence-electron chi connectivity index (χ1n) is 17.2. The molecule has 4 aromatic rings. The first-order chi connectivity index (χ1) is 23.7. The van der Waals surface area contributed by atoms with Gasteiger partial charge in [0.2, 0.25) is 11.8 Å². The van der Waals surface area contributed by atoms with Crippen LogP contribution in [0.4, 0.5) is 5.69 Å². The Morgan fingerprint density at radius 3 is 2.37 bits per heavy atom. The van der Waals surface area contributed by atoms with Gasteiger partial charge < -0.3 is 14.2 Å². The molecule has 3 fully saturated rings. The molecule has 0 radical (unpaired) electrons. The number of hydrogen-bond acceptors (Lipinski definition) is 7. The fourth-order valence-corrected chi connectivity index (χ4v) is 8.65. The number of piperidine rings is 3. The minimum atomic E-state index is -0.187. The molecule has 258 valence electrons. The van der Waals surface area contributed by atoms with E-state index in [1.165, 1.54) is 0 Å². The number of methoxy groups -OCH3 is 1. The predicted octanol–water partition coefficient (Wildman–Crippen LogP) is 5.97. The van der Waals surface area contributed by atoms with Crippen LogP contribution in [0.1, 0.15) is 49.7 Å². The van der Waals surface area contributed by atoms with E-state index in [0.717, 1.165) is 103 Å². The highest BCUT2D eigenvalue weighted by Gasteiger charge is 2.31. The zero-order valence-corrected chi connectivity index (χ0v) is 29.4. The predicted molar refractivity (Wildman–Crippen MR) is 192 cm³/mol. The van der Waals surface area contributed by atoms with Gasteiger partial charge in [0.15, 0.2) is 0 Å². The molecule has 2 aromatic heterocycles. The molecule has 3 aliphatic heterocycles. The number of nitrogens with zero attached hydrogens (tertiary/aromatic N) is 4. The molecule has 3 saturated heterocycles. The average molecular weight is 706 g/mol. The Kier molecular flexibility index (Phi) is 9.72. The fraction of sp³-hybridized carbons (Fsp3) is 0.459. The van der Waals surface area contributed by atoms with Gasteiger partial charge in [0.1, 0.15) is 11.3 Å². The van der Waals surface area contributed by atoms with E-state index in [4.69, 9.17) is 27.9 Å². The van der Waals surface area contributed by atoms with Crippen LogP contribution in [0.5, 0.6) is 5.75 Å². The van der Waals surface area contributed by atoms with Gasteiger partial charge in [-0.15, -0.1) is 0 Å². The fourth-order valence-electron chi connectivity index (χ4n) is 8.05. The molecular weight excluding hydrogens is 663 g/mol. The van der Waals surface area contributed by atoms with Crippen LogP contribution in [0, 0.1) is 17.8 Å². The third kappa shape index (κ3) is 6.96. The lowest BCUT2D eigenvalue weighted by atomic mass is 9.78. The van der Waals surface area contributed by atoms with E-state index in [-0.39, 0.29) is 23.3 Å². The lowest BCUT2D eigenvalue weighted by molar-refractivity contribution is -0.136. The Bertz CT molecular complexity index is 1940. The lowest BCUT2D eigenvalue weighted by Crippen LogP contribution is -2.41. The van der Waals surface area contributed by atoms with Crippen LogP contribution in [-0.2, 0) is 29.6 Å². The number of pyridine rings is 1. The normalized spacial score (nSPS) is 19.8. The summed E-state index contributed by atoms with van der Waals surface area (Å²) in [6.45, 7) is 4.72. The molecule has 1 unspecified atom stereocenters. The number of amides is 2. The van der Waals surface area contributed by atoms with Crippen molar-refractivity contribution in [2.24, 2.45) is 24.8 Å². The number of anilines is 1. The van der Waals surface area contributed by atoms with Crippen molar-refractivity contribution in [1.29, 1.82) is 0 Å². The summed E-state index contributed by atoms with van der Waals surface area (Å²) in [5.41, 5.74) is 5.15. The molecule has 3 aliphatic rings. The van der Waals surface area contributed by atoms with Crippen LogP contribution in [0.25, 0.3) is 22.0 Å². The number of imide groups is 1. The number of aryl methyl sites for hydroxylation is 1. The van der Waals surface area contributed by atoms with Gasteiger partial charge in [-0.2, -0.15) is 5.10 Å². The molecule has 10 nitrogen and oxygen atoms in total. The van der Waals surface area contributed by atoms with Gasteiger partial charge in [0, 0.05) is 66.8 Å². The van der Waals surface area contributed by atoms with E-state index in [1.54, 1.807) is 24.9 Å². The van der Waals surface area contributed by atoms with Crippen molar-refractivity contribution in [3.05, 3.63) is 74.3 Å². The van der Waals surface area contributed by atoms with Gasteiger partial charge >= 0.3 is 0 Å². The van der Waals surface area contributed by atoms with Gasteiger partial charge in [0.25, 0.3) is 5.56 Å². The quantitative estimate of drug-likeness (QED) is 0.218.